The van der Waals surface area contributed by atoms with E-state index in [1.807, 2.05) is 7.05 Å². The molecule has 16 heavy (non-hydrogen) atoms. The Morgan fingerprint density at radius 1 is 1.12 bits per heavy atom. The van der Waals surface area contributed by atoms with E-state index in [4.69, 9.17) is 0 Å². The molecule has 0 aliphatic carbocycles. The predicted octanol–water partition coefficient (Wildman–Crippen LogP) is 3.60. The number of likely N-dealkylation sites (N-methyl/N-ethyl adjacent to an activating group) is 1. The first kappa shape index (κ1) is 13.2. The van der Waals surface area contributed by atoms with Crippen LogP contribution in [0.15, 0.2) is 24.3 Å². The second kappa shape index (κ2) is 6.70. The first-order valence-corrected chi connectivity index (χ1v) is 6.42. The van der Waals surface area contributed by atoms with Crippen LogP contribution in [-0.2, 0) is 6.42 Å². The third-order valence-electron chi connectivity index (χ3n) is 3.18. The molecule has 0 bridgehead atoms. The Hall–Kier alpha value is -0.820. The highest BCUT2D eigenvalue weighted by molar-refractivity contribution is 5.26. The maximum Gasteiger partial charge on any atom is 0.00196 e. The Morgan fingerprint density at radius 3 is 2.19 bits per heavy atom. The van der Waals surface area contributed by atoms with Gasteiger partial charge in [-0.15, -0.1) is 0 Å². The lowest BCUT2D eigenvalue weighted by atomic mass is 9.88. The van der Waals surface area contributed by atoms with E-state index in [1.54, 1.807) is 0 Å². The lowest BCUT2D eigenvalue weighted by Gasteiger charge is -2.21. The average molecular weight is 219 g/mol. The summed E-state index contributed by atoms with van der Waals surface area (Å²) in [4.78, 5) is 0. The fraction of sp³-hybridized carbons (Fsp3) is 0.600. The molecular formula is C15H25N. The third kappa shape index (κ3) is 3.64. The van der Waals surface area contributed by atoms with Gasteiger partial charge in [-0.1, -0.05) is 51.5 Å². The van der Waals surface area contributed by atoms with Crippen LogP contribution in [0.1, 0.15) is 44.2 Å². The van der Waals surface area contributed by atoms with Crippen LogP contribution >= 0.6 is 0 Å². The Kier molecular flexibility index (Phi) is 5.54. The molecule has 1 aromatic rings. The molecule has 0 aliphatic rings. The van der Waals surface area contributed by atoms with Crippen molar-refractivity contribution < 1.29 is 0 Å². The van der Waals surface area contributed by atoms with Crippen LogP contribution in [0, 0.1) is 5.92 Å². The van der Waals surface area contributed by atoms with Crippen molar-refractivity contribution in [2.24, 2.45) is 5.92 Å². The lowest BCUT2D eigenvalue weighted by molar-refractivity contribution is 0.478. The third-order valence-corrected chi connectivity index (χ3v) is 3.18. The molecule has 0 radical (unpaired) electrons. The van der Waals surface area contributed by atoms with Gasteiger partial charge in [0, 0.05) is 6.54 Å². The smallest absolute Gasteiger partial charge is 0.00196 e. The largest absolute Gasteiger partial charge is 0.319 e. The van der Waals surface area contributed by atoms with Crippen molar-refractivity contribution in [1.29, 1.82) is 0 Å². The minimum atomic E-state index is 0.626. The van der Waals surface area contributed by atoms with Gasteiger partial charge in [0.05, 0.1) is 0 Å². The van der Waals surface area contributed by atoms with Gasteiger partial charge < -0.3 is 5.32 Å². The molecule has 1 nitrogen and oxygen atoms in total. The van der Waals surface area contributed by atoms with Gasteiger partial charge in [0.1, 0.15) is 0 Å². The second-order valence-corrected chi connectivity index (χ2v) is 4.90. The molecule has 1 N–H and O–H groups in total. The fourth-order valence-electron chi connectivity index (χ4n) is 2.18. The van der Waals surface area contributed by atoms with Crippen LogP contribution in [0.25, 0.3) is 0 Å². The number of aryl methyl sites for hydroxylation is 1. The van der Waals surface area contributed by atoms with Gasteiger partial charge in [-0.2, -0.15) is 0 Å². The van der Waals surface area contributed by atoms with Gasteiger partial charge in [-0.3, -0.25) is 0 Å². The Bertz CT molecular complexity index is 287. The maximum atomic E-state index is 3.29. The van der Waals surface area contributed by atoms with E-state index in [1.165, 1.54) is 24.0 Å². The summed E-state index contributed by atoms with van der Waals surface area (Å²) in [5.74, 6) is 1.31. The van der Waals surface area contributed by atoms with Crippen molar-refractivity contribution in [3.8, 4) is 0 Å². The Labute approximate surface area is 100 Å². The number of benzene rings is 1. The van der Waals surface area contributed by atoms with Crippen molar-refractivity contribution in [3.05, 3.63) is 35.4 Å². The number of hydrogen-bond acceptors (Lipinski definition) is 1. The van der Waals surface area contributed by atoms with Gasteiger partial charge in [-0.05, 0) is 36.4 Å². The summed E-state index contributed by atoms with van der Waals surface area (Å²) in [6.45, 7) is 7.88. The van der Waals surface area contributed by atoms with Crippen LogP contribution in [-0.4, -0.2) is 13.6 Å². The van der Waals surface area contributed by atoms with E-state index in [0.29, 0.717) is 11.8 Å². The molecule has 0 aromatic heterocycles. The molecule has 0 aliphatic heterocycles. The molecule has 0 spiro atoms. The van der Waals surface area contributed by atoms with Crippen LogP contribution in [0.2, 0.25) is 0 Å². The van der Waals surface area contributed by atoms with Crippen LogP contribution in [0.4, 0.5) is 0 Å². The normalized spacial score (nSPS) is 13.1. The minimum absolute atomic E-state index is 0.626. The highest BCUT2D eigenvalue weighted by Gasteiger charge is 2.14. The summed E-state index contributed by atoms with van der Waals surface area (Å²) in [5.41, 5.74) is 2.92. The second-order valence-electron chi connectivity index (χ2n) is 4.90. The fourth-order valence-corrected chi connectivity index (χ4v) is 2.18. The molecular weight excluding hydrogens is 194 g/mol. The minimum Gasteiger partial charge on any atom is -0.319 e. The quantitative estimate of drug-likeness (QED) is 0.771. The first-order valence-electron chi connectivity index (χ1n) is 6.42. The van der Waals surface area contributed by atoms with Crippen molar-refractivity contribution >= 4 is 0 Å². The lowest BCUT2D eigenvalue weighted by Crippen LogP contribution is -2.21. The number of nitrogens with one attached hydrogen (secondary N) is 1. The SMILES string of the molecule is CCCc1ccc(C(CNC)C(C)C)cc1. The van der Waals surface area contributed by atoms with Gasteiger partial charge in [0.15, 0.2) is 0 Å². The molecule has 0 saturated heterocycles. The molecule has 0 amide bonds. The van der Waals surface area contributed by atoms with E-state index in [0.717, 1.165) is 6.54 Å². The standard InChI is InChI=1S/C15H25N/c1-5-6-13-7-9-14(10-8-13)15(11-16-4)12(2)3/h7-10,12,15-16H,5-6,11H2,1-4H3. The summed E-state index contributed by atoms with van der Waals surface area (Å²) in [5, 5.41) is 3.29. The van der Waals surface area contributed by atoms with E-state index < -0.39 is 0 Å². The van der Waals surface area contributed by atoms with Gasteiger partial charge >= 0.3 is 0 Å². The summed E-state index contributed by atoms with van der Waals surface area (Å²) in [7, 11) is 2.03. The van der Waals surface area contributed by atoms with Crippen molar-refractivity contribution in [2.75, 3.05) is 13.6 Å². The summed E-state index contributed by atoms with van der Waals surface area (Å²) in [6.07, 6.45) is 2.42. The van der Waals surface area contributed by atoms with Crippen LogP contribution in [0.3, 0.4) is 0 Å². The van der Waals surface area contributed by atoms with Crippen LogP contribution < -0.4 is 5.32 Å². The summed E-state index contributed by atoms with van der Waals surface area (Å²) in [6, 6.07) is 9.16. The molecule has 1 heteroatoms. The predicted molar refractivity (Wildman–Crippen MR) is 71.9 cm³/mol. The monoisotopic (exact) mass is 219 g/mol. The van der Waals surface area contributed by atoms with Gasteiger partial charge in [0.2, 0.25) is 0 Å². The molecule has 1 rings (SSSR count). The maximum absolute atomic E-state index is 3.29. The molecule has 1 aromatic carbocycles. The van der Waals surface area contributed by atoms with E-state index >= 15 is 0 Å². The molecule has 1 atom stereocenters. The molecule has 0 fully saturated rings. The van der Waals surface area contributed by atoms with E-state index in [2.05, 4.69) is 50.4 Å². The van der Waals surface area contributed by atoms with Crippen molar-refractivity contribution in [1.82, 2.24) is 5.32 Å². The highest BCUT2D eigenvalue weighted by atomic mass is 14.8. The van der Waals surface area contributed by atoms with Crippen molar-refractivity contribution in [3.63, 3.8) is 0 Å². The summed E-state index contributed by atoms with van der Waals surface area (Å²) >= 11 is 0. The molecule has 90 valence electrons. The zero-order valence-electron chi connectivity index (χ0n) is 11.1. The van der Waals surface area contributed by atoms with Crippen LogP contribution in [0.5, 0.6) is 0 Å². The zero-order chi connectivity index (χ0) is 12.0. The molecule has 0 saturated carbocycles. The highest BCUT2D eigenvalue weighted by Crippen LogP contribution is 2.24. The average Bonchev–Trinajstić information content (AvgIpc) is 2.27. The van der Waals surface area contributed by atoms with Gasteiger partial charge in [0.25, 0.3) is 0 Å². The number of rotatable bonds is 6. The first-order chi connectivity index (χ1) is 7.69. The number of hydrogen-bond donors (Lipinski definition) is 1. The van der Waals surface area contributed by atoms with E-state index in [9.17, 15) is 0 Å². The topological polar surface area (TPSA) is 12.0 Å². The Morgan fingerprint density at radius 2 is 1.75 bits per heavy atom. The van der Waals surface area contributed by atoms with Crippen molar-refractivity contribution in [2.45, 2.75) is 39.5 Å². The van der Waals surface area contributed by atoms with Gasteiger partial charge in [-0.25, -0.2) is 0 Å². The summed E-state index contributed by atoms with van der Waals surface area (Å²) < 4.78 is 0. The Balaban J connectivity index is 2.77. The zero-order valence-corrected chi connectivity index (χ0v) is 11.1. The van der Waals surface area contributed by atoms with E-state index in [-0.39, 0.29) is 0 Å². The molecule has 0 heterocycles. The molecule has 1 unspecified atom stereocenters.